The Morgan fingerprint density at radius 3 is 1.61 bits per heavy atom. The molecule has 6 bridgehead atoms. The Morgan fingerprint density at radius 2 is 1.11 bits per heavy atom. The van der Waals surface area contributed by atoms with Crippen LogP contribution < -0.4 is 16.0 Å². The van der Waals surface area contributed by atoms with Crippen molar-refractivity contribution in [2.45, 2.75) is 76.0 Å². The number of aliphatic hydroxyl groups excluding tert-OH is 2. The zero-order valence-electron chi connectivity index (χ0n) is 30.5. The molecule has 11 rings (SSSR count). The molecule has 0 aromatic heterocycles. The first-order valence-corrected chi connectivity index (χ1v) is 19.8. The summed E-state index contributed by atoms with van der Waals surface area (Å²) in [5.41, 5.74) is 6.88. The van der Waals surface area contributed by atoms with Crippen LogP contribution in [0, 0.1) is 35.0 Å². The molecule has 7 aliphatic carbocycles. The maximum atomic E-state index is 15.1. The van der Waals surface area contributed by atoms with E-state index in [9.17, 15) is 19.8 Å². The Balaban J connectivity index is 1.05. The summed E-state index contributed by atoms with van der Waals surface area (Å²) in [5, 5.41) is 29.2. The van der Waals surface area contributed by atoms with Crippen molar-refractivity contribution in [1.82, 2.24) is 10.6 Å². The van der Waals surface area contributed by atoms with E-state index >= 15 is 4.79 Å². The lowest BCUT2D eigenvalue weighted by molar-refractivity contribution is -0.139. The van der Waals surface area contributed by atoms with Crippen LogP contribution in [-0.2, 0) is 34.0 Å². The molecule has 4 aromatic rings. The molecule has 8 heteroatoms. The van der Waals surface area contributed by atoms with Crippen molar-refractivity contribution in [2.75, 3.05) is 11.9 Å². The number of benzene rings is 4. The molecular formula is C46H49N3O5. The molecule has 278 valence electrons. The monoisotopic (exact) mass is 723 g/mol. The second kappa shape index (κ2) is 14.1. The Bertz CT molecular complexity index is 1970. The van der Waals surface area contributed by atoms with E-state index in [2.05, 4.69) is 40.2 Å². The van der Waals surface area contributed by atoms with Crippen LogP contribution >= 0.6 is 0 Å². The van der Waals surface area contributed by atoms with E-state index in [-0.39, 0.29) is 48.7 Å². The third-order valence-electron chi connectivity index (χ3n) is 13.4. The van der Waals surface area contributed by atoms with Gasteiger partial charge in [-0.15, -0.1) is 0 Å². The minimum Gasteiger partial charge on any atom is -0.392 e. The van der Waals surface area contributed by atoms with Gasteiger partial charge in [0.1, 0.15) is 6.04 Å². The highest BCUT2D eigenvalue weighted by molar-refractivity contribution is 5.99. The molecule has 4 fully saturated rings. The third-order valence-corrected chi connectivity index (χ3v) is 13.4. The highest BCUT2D eigenvalue weighted by Crippen LogP contribution is 2.61. The van der Waals surface area contributed by atoms with E-state index in [0.29, 0.717) is 23.4 Å². The van der Waals surface area contributed by atoms with Crippen molar-refractivity contribution >= 4 is 23.4 Å². The first kappa shape index (κ1) is 34.9. The lowest BCUT2D eigenvalue weighted by Crippen LogP contribution is -2.57. The number of rotatable bonds is 11. The zero-order valence-corrected chi connectivity index (χ0v) is 30.5. The second-order valence-electron chi connectivity index (χ2n) is 17.0. The summed E-state index contributed by atoms with van der Waals surface area (Å²) in [4.78, 5) is 44.1. The fraction of sp³-hybridized carbons (Fsp3) is 0.413. The number of anilines is 1. The van der Waals surface area contributed by atoms with Gasteiger partial charge in [0.15, 0.2) is 0 Å². The summed E-state index contributed by atoms with van der Waals surface area (Å²) in [7, 11) is 0. The van der Waals surface area contributed by atoms with Gasteiger partial charge >= 0.3 is 0 Å². The molecule has 5 N–H and O–H groups in total. The second-order valence-corrected chi connectivity index (χ2v) is 17.0. The summed E-state index contributed by atoms with van der Waals surface area (Å²) < 4.78 is 0. The van der Waals surface area contributed by atoms with Gasteiger partial charge in [-0.25, -0.2) is 0 Å². The van der Waals surface area contributed by atoms with Gasteiger partial charge in [0.25, 0.3) is 0 Å². The first-order chi connectivity index (χ1) is 26.3. The van der Waals surface area contributed by atoms with E-state index in [0.717, 1.165) is 45.6 Å². The predicted octanol–water partition coefficient (Wildman–Crippen LogP) is 6.19. The maximum Gasteiger partial charge on any atom is 0.247 e. The van der Waals surface area contributed by atoms with Crippen LogP contribution in [-0.4, -0.2) is 40.5 Å². The molecule has 7 aliphatic rings. The number of aliphatic hydroxyl groups is 2. The number of carbonyl (C=O) groups excluding carboxylic acids is 3. The van der Waals surface area contributed by atoms with Crippen LogP contribution in [0.2, 0.25) is 0 Å². The summed E-state index contributed by atoms with van der Waals surface area (Å²) >= 11 is 0. The van der Waals surface area contributed by atoms with Crippen molar-refractivity contribution in [3.63, 3.8) is 0 Å². The molecule has 54 heavy (non-hydrogen) atoms. The molecule has 0 saturated heterocycles. The van der Waals surface area contributed by atoms with Crippen LogP contribution in [0.4, 0.5) is 5.69 Å². The third kappa shape index (κ3) is 6.33. The normalized spacial score (nSPS) is 28.8. The van der Waals surface area contributed by atoms with E-state index < -0.39 is 23.8 Å². The Morgan fingerprint density at radius 1 is 0.630 bits per heavy atom. The number of fused-ring (bicyclic) bond motifs is 1. The lowest BCUT2D eigenvalue weighted by atomic mass is 9.49. The summed E-state index contributed by atoms with van der Waals surface area (Å²) in [5.74, 6) is -0.549. The van der Waals surface area contributed by atoms with Gasteiger partial charge in [0.2, 0.25) is 17.7 Å². The molecule has 0 aliphatic heterocycles. The summed E-state index contributed by atoms with van der Waals surface area (Å²) in [6, 6.07) is 30.1. The van der Waals surface area contributed by atoms with E-state index in [1.807, 2.05) is 54.6 Å². The van der Waals surface area contributed by atoms with Crippen molar-refractivity contribution in [3.8, 4) is 0 Å². The van der Waals surface area contributed by atoms with Gasteiger partial charge in [-0.2, -0.15) is 0 Å². The fourth-order valence-corrected chi connectivity index (χ4v) is 11.8. The van der Waals surface area contributed by atoms with Gasteiger partial charge < -0.3 is 26.2 Å². The molecule has 3 atom stereocenters. The lowest BCUT2D eigenvalue weighted by Gasteiger charge is -2.57. The van der Waals surface area contributed by atoms with Crippen molar-refractivity contribution in [2.24, 2.45) is 35.0 Å². The molecule has 3 amide bonds. The minimum atomic E-state index is -0.961. The largest absolute Gasteiger partial charge is 0.392 e. The molecule has 0 radical (unpaired) electrons. The molecule has 2 unspecified atom stereocenters. The zero-order chi connectivity index (χ0) is 37.0. The van der Waals surface area contributed by atoms with Crippen LogP contribution in [0.1, 0.15) is 89.3 Å². The average Bonchev–Trinajstić information content (AvgIpc) is 3.19. The number of carbonyl (C=O) groups is 3. The van der Waals surface area contributed by atoms with Crippen LogP contribution in [0.3, 0.4) is 0 Å². The standard InChI is InChI=1S/C46H49N3O5/c50-24-31-17-32(25-51)19-33(18-31)48-43(52)38(20-27-8-2-1-3-9-27)49-45(54)42-40-36-12-6-4-10-34(36)39(35-11-5-7-13-37(35)40)41(42)44(53)47-26-46-21-28-14-29(22-46)16-30(15-28)23-46/h1-13,17-19,28-30,38-42,50-51H,14-16,20-26H2,(H,47,53)(H,48,52)(H,49,54)/t28?,29?,30?,38-,39?,40?,41?,42?,46?/m0/s1. The Labute approximate surface area is 316 Å². The number of hydrogen-bond donors (Lipinski definition) is 5. The van der Waals surface area contributed by atoms with Crippen molar-refractivity contribution in [1.29, 1.82) is 0 Å². The number of hydrogen-bond acceptors (Lipinski definition) is 5. The van der Waals surface area contributed by atoms with Gasteiger partial charge in [-0.1, -0.05) is 84.9 Å². The van der Waals surface area contributed by atoms with Crippen LogP contribution in [0.25, 0.3) is 0 Å². The highest BCUT2D eigenvalue weighted by Gasteiger charge is 2.56. The first-order valence-electron chi connectivity index (χ1n) is 19.8. The predicted molar refractivity (Wildman–Crippen MR) is 206 cm³/mol. The minimum absolute atomic E-state index is 0.0775. The number of nitrogens with one attached hydrogen (secondary N) is 3. The van der Waals surface area contributed by atoms with Gasteiger partial charge in [0, 0.05) is 30.5 Å². The quantitative estimate of drug-likeness (QED) is 0.126. The molecule has 8 nitrogen and oxygen atoms in total. The molecule has 0 spiro atoms. The van der Waals surface area contributed by atoms with E-state index in [1.54, 1.807) is 18.2 Å². The maximum absolute atomic E-state index is 15.1. The Kier molecular flexibility index (Phi) is 9.14. The van der Waals surface area contributed by atoms with Gasteiger partial charge in [-0.05, 0) is 113 Å². The smallest absolute Gasteiger partial charge is 0.247 e. The molecule has 4 aromatic carbocycles. The summed E-state index contributed by atoms with van der Waals surface area (Å²) in [6.07, 6.45) is 7.80. The Hall–Kier alpha value is -4.79. The topological polar surface area (TPSA) is 128 Å². The van der Waals surface area contributed by atoms with Crippen LogP contribution in [0.15, 0.2) is 97.1 Å². The van der Waals surface area contributed by atoms with Gasteiger partial charge in [-0.3, -0.25) is 14.4 Å². The SMILES string of the molecule is O=C(NCC12CC3CC(CC(C3)C1)C2)C1C2c3ccccc3C(c3ccccc32)C1C(=O)N[C@@H](Cc1ccccc1)C(=O)Nc1cc(CO)cc(CO)c1. The van der Waals surface area contributed by atoms with E-state index in [1.165, 1.54) is 38.5 Å². The van der Waals surface area contributed by atoms with Crippen molar-refractivity contribution in [3.05, 3.63) is 136 Å². The molecular weight excluding hydrogens is 675 g/mol. The van der Waals surface area contributed by atoms with Crippen molar-refractivity contribution < 1.29 is 24.6 Å². The molecule has 4 saturated carbocycles. The average molecular weight is 724 g/mol. The van der Waals surface area contributed by atoms with E-state index in [4.69, 9.17) is 0 Å². The molecule has 0 heterocycles. The van der Waals surface area contributed by atoms with Gasteiger partial charge in [0.05, 0.1) is 25.0 Å². The fourth-order valence-electron chi connectivity index (χ4n) is 11.8. The number of amides is 3. The highest BCUT2D eigenvalue weighted by atomic mass is 16.3. The summed E-state index contributed by atoms with van der Waals surface area (Å²) in [6.45, 7) is 0.156. The van der Waals surface area contributed by atoms with Crippen LogP contribution in [0.5, 0.6) is 0 Å².